The molecule has 1 rings (SSSR count). The minimum absolute atomic E-state index is 0.343. The third-order valence-electron chi connectivity index (χ3n) is 2.28. The van der Waals surface area contributed by atoms with Gasteiger partial charge < -0.3 is 10.4 Å². The van der Waals surface area contributed by atoms with Crippen LogP contribution in [0, 0.1) is 0 Å². The zero-order valence-electron chi connectivity index (χ0n) is 7.42. The van der Waals surface area contributed by atoms with Crippen LogP contribution in [-0.2, 0) is 4.79 Å². The molecule has 0 aromatic heterocycles. The second-order valence-electron chi connectivity index (χ2n) is 3.15. The van der Waals surface area contributed by atoms with Crippen LogP contribution in [0.1, 0.15) is 13.3 Å². The van der Waals surface area contributed by atoms with Crippen molar-refractivity contribution in [3.8, 4) is 0 Å². The Bertz CT molecular complexity index is 153. The number of aliphatic carboxylic acids is 1. The number of carbonyl (C=O) groups is 1. The van der Waals surface area contributed by atoms with Crippen molar-refractivity contribution >= 4 is 5.97 Å². The van der Waals surface area contributed by atoms with Crippen LogP contribution in [0.25, 0.3) is 0 Å². The van der Waals surface area contributed by atoms with Gasteiger partial charge in [0.25, 0.3) is 0 Å². The molecule has 0 radical (unpaired) electrons. The number of nitrogens with one attached hydrogen (secondary N) is 1. The molecule has 12 heavy (non-hydrogen) atoms. The van der Waals surface area contributed by atoms with Crippen LogP contribution in [0.15, 0.2) is 0 Å². The molecule has 4 heteroatoms. The standard InChI is InChI=1S/C8H16N2O2/c1-7(8(11)12)10-5-2-3-9-4-6-10/h7,9H,2-6H2,1H3,(H,11,12). The Hall–Kier alpha value is -0.610. The van der Waals surface area contributed by atoms with E-state index in [-0.39, 0.29) is 6.04 Å². The maximum Gasteiger partial charge on any atom is 0.320 e. The van der Waals surface area contributed by atoms with E-state index in [1.807, 2.05) is 4.90 Å². The smallest absolute Gasteiger partial charge is 0.320 e. The fourth-order valence-electron chi connectivity index (χ4n) is 1.41. The third-order valence-corrected chi connectivity index (χ3v) is 2.28. The summed E-state index contributed by atoms with van der Waals surface area (Å²) in [6.07, 6.45) is 1.04. The van der Waals surface area contributed by atoms with E-state index in [1.165, 1.54) is 0 Å². The SMILES string of the molecule is CC(C(=O)O)N1CCCNCC1. The summed E-state index contributed by atoms with van der Waals surface area (Å²) >= 11 is 0. The molecule has 1 fully saturated rings. The van der Waals surface area contributed by atoms with E-state index in [9.17, 15) is 4.79 Å². The van der Waals surface area contributed by atoms with E-state index in [4.69, 9.17) is 5.11 Å². The molecule has 0 aromatic rings. The lowest BCUT2D eigenvalue weighted by molar-refractivity contribution is -0.142. The molecule has 1 aliphatic heterocycles. The minimum atomic E-state index is -0.725. The van der Waals surface area contributed by atoms with Gasteiger partial charge in [0.15, 0.2) is 0 Å². The van der Waals surface area contributed by atoms with Gasteiger partial charge in [0.2, 0.25) is 0 Å². The monoisotopic (exact) mass is 172 g/mol. The van der Waals surface area contributed by atoms with E-state index >= 15 is 0 Å². The van der Waals surface area contributed by atoms with Crippen molar-refractivity contribution < 1.29 is 9.90 Å². The lowest BCUT2D eigenvalue weighted by Crippen LogP contribution is -2.40. The highest BCUT2D eigenvalue weighted by atomic mass is 16.4. The largest absolute Gasteiger partial charge is 0.480 e. The quantitative estimate of drug-likeness (QED) is 0.603. The average molecular weight is 172 g/mol. The number of carboxylic acids is 1. The highest BCUT2D eigenvalue weighted by molar-refractivity contribution is 5.72. The van der Waals surface area contributed by atoms with Crippen LogP contribution in [0.5, 0.6) is 0 Å². The Kier molecular flexibility index (Phi) is 3.49. The molecule has 0 aromatic carbocycles. The highest BCUT2D eigenvalue weighted by Gasteiger charge is 2.20. The van der Waals surface area contributed by atoms with Crippen molar-refractivity contribution in [2.24, 2.45) is 0 Å². The highest BCUT2D eigenvalue weighted by Crippen LogP contribution is 2.01. The molecule has 0 aliphatic carbocycles. The maximum absolute atomic E-state index is 10.6. The summed E-state index contributed by atoms with van der Waals surface area (Å²) in [6, 6.07) is -0.343. The molecule has 70 valence electrons. The zero-order chi connectivity index (χ0) is 8.97. The Morgan fingerprint density at radius 2 is 2.25 bits per heavy atom. The van der Waals surface area contributed by atoms with Crippen molar-refractivity contribution in [1.29, 1.82) is 0 Å². The molecule has 0 amide bonds. The van der Waals surface area contributed by atoms with Gasteiger partial charge >= 0.3 is 5.97 Å². The van der Waals surface area contributed by atoms with E-state index in [2.05, 4.69) is 5.32 Å². The maximum atomic E-state index is 10.6. The predicted molar refractivity (Wildman–Crippen MR) is 46.2 cm³/mol. The molecule has 1 heterocycles. The third kappa shape index (κ3) is 2.46. The summed E-state index contributed by atoms with van der Waals surface area (Å²) in [5.41, 5.74) is 0. The van der Waals surface area contributed by atoms with Gasteiger partial charge in [0, 0.05) is 19.6 Å². The molecule has 1 atom stereocenters. The van der Waals surface area contributed by atoms with Gasteiger partial charge in [-0.3, -0.25) is 9.69 Å². The van der Waals surface area contributed by atoms with Crippen molar-refractivity contribution in [3.63, 3.8) is 0 Å². The Morgan fingerprint density at radius 3 is 2.92 bits per heavy atom. The second kappa shape index (κ2) is 4.42. The van der Waals surface area contributed by atoms with Crippen molar-refractivity contribution in [2.75, 3.05) is 26.2 Å². The van der Waals surface area contributed by atoms with Crippen molar-refractivity contribution in [1.82, 2.24) is 10.2 Å². The van der Waals surface area contributed by atoms with Crippen LogP contribution in [0.2, 0.25) is 0 Å². The topological polar surface area (TPSA) is 52.6 Å². The van der Waals surface area contributed by atoms with Crippen molar-refractivity contribution in [2.45, 2.75) is 19.4 Å². The Labute approximate surface area is 72.6 Å². The number of hydrogen-bond acceptors (Lipinski definition) is 3. The summed E-state index contributed by atoms with van der Waals surface area (Å²) in [7, 11) is 0. The molecule has 0 bridgehead atoms. The summed E-state index contributed by atoms with van der Waals surface area (Å²) in [5, 5.41) is 12.0. The number of rotatable bonds is 2. The average Bonchev–Trinajstić information content (AvgIpc) is 2.30. The van der Waals surface area contributed by atoms with E-state index < -0.39 is 5.97 Å². The van der Waals surface area contributed by atoms with Crippen LogP contribution in [0.3, 0.4) is 0 Å². The predicted octanol–water partition coefficient (Wildman–Crippen LogP) is -0.245. The minimum Gasteiger partial charge on any atom is -0.480 e. The molecule has 0 saturated carbocycles. The fourth-order valence-corrected chi connectivity index (χ4v) is 1.41. The second-order valence-corrected chi connectivity index (χ2v) is 3.15. The number of nitrogens with zero attached hydrogens (tertiary/aromatic N) is 1. The summed E-state index contributed by atoms with van der Waals surface area (Å²) in [4.78, 5) is 12.7. The molecule has 4 nitrogen and oxygen atoms in total. The van der Waals surface area contributed by atoms with Gasteiger partial charge in [-0.05, 0) is 19.9 Å². The molecule has 0 spiro atoms. The lowest BCUT2D eigenvalue weighted by atomic mass is 10.2. The summed E-state index contributed by atoms with van der Waals surface area (Å²) in [6.45, 7) is 5.38. The Balaban J connectivity index is 2.42. The van der Waals surface area contributed by atoms with Gasteiger partial charge in [-0.15, -0.1) is 0 Å². The molecule has 1 saturated heterocycles. The van der Waals surface area contributed by atoms with Gasteiger partial charge in [-0.1, -0.05) is 0 Å². The summed E-state index contributed by atoms with van der Waals surface area (Å²) < 4.78 is 0. The first-order valence-corrected chi connectivity index (χ1v) is 4.39. The van der Waals surface area contributed by atoms with Crippen LogP contribution in [0.4, 0.5) is 0 Å². The Morgan fingerprint density at radius 1 is 1.50 bits per heavy atom. The van der Waals surface area contributed by atoms with Gasteiger partial charge in [-0.25, -0.2) is 0 Å². The first-order chi connectivity index (χ1) is 5.72. The molecule has 2 N–H and O–H groups in total. The van der Waals surface area contributed by atoms with Crippen LogP contribution in [-0.4, -0.2) is 48.2 Å². The van der Waals surface area contributed by atoms with Gasteiger partial charge in [0.1, 0.15) is 6.04 Å². The fraction of sp³-hybridized carbons (Fsp3) is 0.875. The zero-order valence-corrected chi connectivity index (χ0v) is 7.42. The summed E-state index contributed by atoms with van der Waals surface area (Å²) in [5.74, 6) is -0.725. The normalized spacial score (nSPS) is 23.1. The first kappa shape index (κ1) is 9.48. The van der Waals surface area contributed by atoms with E-state index in [0.717, 1.165) is 32.6 Å². The molecular formula is C8H16N2O2. The lowest BCUT2D eigenvalue weighted by Gasteiger charge is -2.23. The van der Waals surface area contributed by atoms with Gasteiger partial charge in [-0.2, -0.15) is 0 Å². The van der Waals surface area contributed by atoms with E-state index in [0.29, 0.717) is 0 Å². The number of hydrogen-bond donors (Lipinski definition) is 2. The molecule has 1 unspecified atom stereocenters. The van der Waals surface area contributed by atoms with Crippen molar-refractivity contribution in [3.05, 3.63) is 0 Å². The van der Waals surface area contributed by atoms with Crippen LogP contribution >= 0.6 is 0 Å². The van der Waals surface area contributed by atoms with Gasteiger partial charge in [0.05, 0.1) is 0 Å². The molecular weight excluding hydrogens is 156 g/mol. The first-order valence-electron chi connectivity index (χ1n) is 4.39. The molecule has 1 aliphatic rings. The van der Waals surface area contributed by atoms with E-state index in [1.54, 1.807) is 6.92 Å². The van der Waals surface area contributed by atoms with Crippen LogP contribution < -0.4 is 5.32 Å². The number of carboxylic acid groups (broad SMARTS) is 1.